The Morgan fingerprint density at radius 1 is 1.47 bits per heavy atom. The van der Waals surface area contributed by atoms with Crippen LogP contribution in [0.2, 0.25) is 0 Å². The van der Waals surface area contributed by atoms with Gasteiger partial charge in [0.05, 0.1) is 19.5 Å². The van der Waals surface area contributed by atoms with Gasteiger partial charge in [0, 0.05) is 6.54 Å². The summed E-state index contributed by atoms with van der Waals surface area (Å²) in [6.07, 6.45) is 5.29. The van der Waals surface area contributed by atoms with Crippen molar-refractivity contribution >= 4 is 11.8 Å². The van der Waals surface area contributed by atoms with Crippen LogP contribution >= 0.6 is 0 Å². The van der Waals surface area contributed by atoms with E-state index in [4.69, 9.17) is 0 Å². The number of nitrogens with zero attached hydrogens (tertiary/aromatic N) is 2. The third-order valence-corrected chi connectivity index (χ3v) is 3.54. The fraction of sp³-hybridized carbons (Fsp3) is 0.615. The molecular formula is C13H20N4O2. The minimum Gasteiger partial charge on any atom is -0.464 e. The van der Waals surface area contributed by atoms with Crippen molar-refractivity contribution in [3.63, 3.8) is 0 Å². The van der Waals surface area contributed by atoms with Crippen LogP contribution < -0.4 is 10.6 Å². The number of anilines is 1. The number of hydrogen-bond acceptors (Lipinski definition) is 6. The topological polar surface area (TPSA) is 76.1 Å². The minimum atomic E-state index is -0.468. The third kappa shape index (κ3) is 3.64. The van der Waals surface area contributed by atoms with E-state index in [1.807, 2.05) is 0 Å². The highest BCUT2D eigenvalue weighted by molar-refractivity contribution is 5.87. The lowest BCUT2D eigenvalue weighted by molar-refractivity contribution is 0.0593. The summed E-state index contributed by atoms with van der Waals surface area (Å²) in [6, 6.07) is 0. The molecule has 0 aromatic carbocycles. The van der Waals surface area contributed by atoms with E-state index in [0.29, 0.717) is 5.82 Å². The number of carbonyl (C=O) groups excluding carboxylic acids is 1. The number of piperidine rings is 1. The first-order valence-corrected chi connectivity index (χ1v) is 6.48. The van der Waals surface area contributed by atoms with Crippen molar-refractivity contribution < 1.29 is 9.53 Å². The number of esters is 1. The molecule has 0 saturated carbocycles. The lowest BCUT2D eigenvalue weighted by Gasteiger charge is -2.34. The molecule has 1 aliphatic heterocycles. The fourth-order valence-electron chi connectivity index (χ4n) is 2.17. The number of methoxy groups -OCH3 is 1. The van der Waals surface area contributed by atoms with Crippen LogP contribution in [-0.2, 0) is 4.74 Å². The summed E-state index contributed by atoms with van der Waals surface area (Å²) in [5.41, 5.74) is 0.483. The standard InChI is InChI=1S/C13H20N4O2/c1-13(3-5-14-6-4-13)9-16-11-8-15-7-10(17-11)12(18)19-2/h7-8,14H,3-6,9H2,1-2H3,(H,16,17). The van der Waals surface area contributed by atoms with E-state index in [-0.39, 0.29) is 11.1 Å². The number of aromatic nitrogens is 2. The Morgan fingerprint density at radius 3 is 2.89 bits per heavy atom. The second-order valence-corrected chi connectivity index (χ2v) is 5.20. The first-order chi connectivity index (χ1) is 9.13. The van der Waals surface area contributed by atoms with Gasteiger partial charge in [-0.2, -0.15) is 0 Å². The van der Waals surface area contributed by atoms with Gasteiger partial charge in [0.2, 0.25) is 0 Å². The van der Waals surface area contributed by atoms with Crippen molar-refractivity contribution in [1.29, 1.82) is 0 Å². The molecule has 2 rings (SSSR count). The molecular weight excluding hydrogens is 244 g/mol. The molecule has 1 aliphatic rings. The molecule has 2 N–H and O–H groups in total. The molecule has 19 heavy (non-hydrogen) atoms. The Kier molecular flexibility index (Phi) is 4.31. The maximum atomic E-state index is 11.4. The zero-order valence-corrected chi connectivity index (χ0v) is 11.4. The van der Waals surface area contributed by atoms with Crippen LogP contribution in [0.1, 0.15) is 30.3 Å². The van der Waals surface area contributed by atoms with E-state index in [0.717, 1.165) is 32.5 Å². The molecule has 1 fully saturated rings. The van der Waals surface area contributed by atoms with Crippen molar-refractivity contribution in [2.75, 3.05) is 32.1 Å². The smallest absolute Gasteiger partial charge is 0.358 e. The van der Waals surface area contributed by atoms with Crippen LogP contribution in [0.4, 0.5) is 5.82 Å². The van der Waals surface area contributed by atoms with Gasteiger partial charge in [-0.05, 0) is 31.3 Å². The quantitative estimate of drug-likeness (QED) is 0.792. The largest absolute Gasteiger partial charge is 0.464 e. The van der Waals surface area contributed by atoms with E-state index in [1.165, 1.54) is 13.3 Å². The molecule has 0 amide bonds. The van der Waals surface area contributed by atoms with Crippen LogP contribution in [0.15, 0.2) is 12.4 Å². The molecule has 0 bridgehead atoms. The highest BCUT2D eigenvalue weighted by Crippen LogP contribution is 2.27. The number of hydrogen-bond donors (Lipinski definition) is 2. The van der Waals surface area contributed by atoms with Crippen LogP contribution in [-0.4, -0.2) is 42.7 Å². The van der Waals surface area contributed by atoms with Crippen molar-refractivity contribution in [3.8, 4) is 0 Å². The normalized spacial score (nSPS) is 17.8. The SMILES string of the molecule is COC(=O)c1cncc(NCC2(C)CCNCC2)n1. The third-order valence-electron chi connectivity index (χ3n) is 3.54. The monoisotopic (exact) mass is 264 g/mol. The van der Waals surface area contributed by atoms with Gasteiger partial charge in [-0.15, -0.1) is 0 Å². The summed E-state index contributed by atoms with van der Waals surface area (Å²) >= 11 is 0. The van der Waals surface area contributed by atoms with Crippen molar-refractivity contribution in [1.82, 2.24) is 15.3 Å². The molecule has 104 valence electrons. The molecule has 1 aromatic heterocycles. The predicted octanol–water partition coefficient (Wildman–Crippen LogP) is 1.06. The Balaban J connectivity index is 1.97. The van der Waals surface area contributed by atoms with E-state index in [9.17, 15) is 4.79 Å². The summed E-state index contributed by atoms with van der Waals surface area (Å²) in [5.74, 6) is 0.145. The molecule has 6 nitrogen and oxygen atoms in total. The molecule has 1 saturated heterocycles. The molecule has 0 aliphatic carbocycles. The van der Waals surface area contributed by atoms with Gasteiger partial charge in [0.25, 0.3) is 0 Å². The van der Waals surface area contributed by atoms with Gasteiger partial charge in [-0.25, -0.2) is 9.78 Å². The summed E-state index contributed by atoms with van der Waals surface area (Å²) in [7, 11) is 1.33. The summed E-state index contributed by atoms with van der Waals surface area (Å²) in [4.78, 5) is 19.6. The maximum absolute atomic E-state index is 11.4. The van der Waals surface area contributed by atoms with Crippen molar-refractivity contribution in [2.24, 2.45) is 5.41 Å². The number of ether oxygens (including phenoxy) is 1. The van der Waals surface area contributed by atoms with E-state index >= 15 is 0 Å². The van der Waals surface area contributed by atoms with Crippen molar-refractivity contribution in [3.05, 3.63) is 18.1 Å². The summed E-state index contributed by atoms with van der Waals surface area (Å²) in [5, 5.41) is 6.62. The number of nitrogens with one attached hydrogen (secondary N) is 2. The predicted molar refractivity (Wildman–Crippen MR) is 72.1 cm³/mol. The lowest BCUT2D eigenvalue weighted by Crippen LogP contribution is -2.39. The van der Waals surface area contributed by atoms with Crippen LogP contribution in [0.5, 0.6) is 0 Å². The molecule has 1 aromatic rings. The van der Waals surface area contributed by atoms with Gasteiger partial charge < -0.3 is 15.4 Å². The maximum Gasteiger partial charge on any atom is 0.358 e. The van der Waals surface area contributed by atoms with Crippen LogP contribution in [0, 0.1) is 5.41 Å². The van der Waals surface area contributed by atoms with E-state index < -0.39 is 5.97 Å². The molecule has 0 atom stereocenters. The second-order valence-electron chi connectivity index (χ2n) is 5.20. The van der Waals surface area contributed by atoms with Gasteiger partial charge in [-0.3, -0.25) is 4.98 Å². The Morgan fingerprint density at radius 2 is 2.21 bits per heavy atom. The van der Waals surface area contributed by atoms with Gasteiger partial charge >= 0.3 is 5.97 Å². The molecule has 0 radical (unpaired) electrons. The number of rotatable bonds is 4. The fourth-order valence-corrected chi connectivity index (χ4v) is 2.17. The van der Waals surface area contributed by atoms with Crippen LogP contribution in [0.3, 0.4) is 0 Å². The summed E-state index contributed by atoms with van der Waals surface area (Å²) in [6.45, 7) is 5.19. The molecule has 0 spiro atoms. The second kappa shape index (κ2) is 5.97. The van der Waals surface area contributed by atoms with Gasteiger partial charge in [0.15, 0.2) is 5.69 Å². The Bertz CT molecular complexity index is 444. The van der Waals surface area contributed by atoms with Crippen molar-refractivity contribution in [2.45, 2.75) is 19.8 Å². The average Bonchev–Trinajstić information content (AvgIpc) is 2.45. The Hall–Kier alpha value is -1.69. The minimum absolute atomic E-state index is 0.225. The highest BCUT2D eigenvalue weighted by Gasteiger charge is 2.26. The summed E-state index contributed by atoms with van der Waals surface area (Å²) < 4.78 is 4.63. The first kappa shape index (κ1) is 13.7. The zero-order chi connectivity index (χ0) is 13.7. The lowest BCUT2D eigenvalue weighted by atomic mass is 9.81. The van der Waals surface area contributed by atoms with Gasteiger partial charge in [-0.1, -0.05) is 6.92 Å². The first-order valence-electron chi connectivity index (χ1n) is 6.48. The zero-order valence-electron chi connectivity index (χ0n) is 11.4. The van der Waals surface area contributed by atoms with E-state index in [2.05, 4.69) is 32.3 Å². The van der Waals surface area contributed by atoms with Crippen LogP contribution in [0.25, 0.3) is 0 Å². The molecule has 0 unspecified atom stereocenters. The van der Waals surface area contributed by atoms with Gasteiger partial charge in [0.1, 0.15) is 5.82 Å². The average molecular weight is 264 g/mol. The number of carbonyl (C=O) groups is 1. The highest BCUT2D eigenvalue weighted by atomic mass is 16.5. The van der Waals surface area contributed by atoms with E-state index in [1.54, 1.807) is 6.20 Å². The molecule has 6 heteroatoms. The molecule has 2 heterocycles. The Labute approximate surface area is 113 Å².